The second-order valence-corrected chi connectivity index (χ2v) is 8.23. The van der Waals surface area contributed by atoms with Crippen LogP contribution >= 0.6 is 0 Å². The summed E-state index contributed by atoms with van der Waals surface area (Å²) in [5, 5.41) is 11.2. The summed E-state index contributed by atoms with van der Waals surface area (Å²) in [5.74, 6) is 0.830. The van der Waals surface area contributed by atoms with Crippen molar-refractivity contribution in [2.24, 2.45) is 4.99 Å². The molecule has 1 aliphatic rings. The molecule has 0 amide bonds. The van der Waals surface area contributed by atoms with Crippen LogP contribution in [0.1, 0.15) is 29.2 Å². The Balaban J connectivity index is 1.37. The Kier molecular flexibility index (Phi) is 8.49. The number of aliphatic imine (C=N–C) groups is 1. The molecule has 1 aromatic heterocycles. The first-order valence-corrected chi connectivity index (χ1v) is 11.7. The molecule has 4 rings (SSSR count). The third kappa shape index (κ3) is 7.17. The SMILES string of the molecule is CCNC(=NCc1cccc(Cn2cccn2)c1)NCc1ccccc1CN1CCOCC1. The molecule has 2 N–H and O–H groups in total. The highest BCUT2D eigenvalue weighted by molar-refractivity contribution is 5.79. The van der Waals surface area contributed by atoms with Crippen molar-refractivity contribution in [1.29, 1.82) is 0 Å². The maximum atomic E-state index is 5.49. The molecule has 1 fully saturated rings. The molecule has 1 aliphatic heterocycles. The van der Waals surface area contributed by atoms with Crippen LogP contribution < -0.4 is 10.6 Å². The fourth-order valence-electron chi connectivity index (χ4n) is 3.98. The van der Waals surface area contributed by atoms with E-state index in [0.717, 1.165) is 58.4 Å². The van der Waals surface area contributed by atoms with E-state index in [0.29, 0.717) is 6.54 Å². The Hall–Kier alpha value is -3.16. The van der Waals surface area contributed by atoms with Crippen molar-refractivity contribution in [3.05, 3.63) is 89.2 Å². The molecule has 2 heterocycles. The number of hydrogen-bond acceptors (Lipinski definition) is 4. The third-order valence-electron chi connectivity index (χ3n) is 5.72. The molecular formula is C26H34N6O. The number of nitrogens with zero attached hydrogens (tertiary/aromatic N) is 4. The fraction of sp³-hybridized carbons (Fsp3) is 0.385. The van der Waals surface area contributed by atoms with E-state index in [-0.39, 0.29) is 0 Å². The summed E-state index contributed by atoms with van der Waals surface area (Å²) in [5.41, 5.74) is 5.07. The van der Waals surface area contributed by atoms with Crippen molar-refractivity contribution in [2.45, 2.75) is 33.1 Å². The largest absolute Gasteiger partial charge is 0.379 e. The van der Waals surface area contributed by atoms with Crippen molar-refractivity contribution in [3.63, 3.8) is 0 Å². The zero-order valence-electron chi connectivity index (χ0n) is 19.4. The highest BCUT2D eigenvalue weighted by atomic mass is 16.5. The van der Waals surface area contributed by atoms with Gasteiger partial charge in [-0.05, 0) is 35.2 Å². The van der Waals surface area contributed by atoms with Gasteiger partial charge in [0.05, 0.1) is 26.3 Å². The smallest absolute Gasteiger partial charge is 0.191 e. The van der Waals surface area contributed by atoms with Crippen molar-refractivity contribution in [3.8, 4) is 0 Å². The first kappa shape index (κ1) is 23.0. The van der Waals surface area contributed by atoms with Crippen LogP contribution in [0, 0.1) is 0 Å². The topological polar surface area (TPSA) is 66.7 Å². The highest BCUT2D eigenvalue weighted by Gasteiger charge is 2.12. The summed E-state index contributed by atoms with van der Waals surface area (Å²) in [4.78, 5) is 7.28. The second kappa shape index (κ2) is 12.2. The molecule has 174 valence electrons. The Labute approximate surface area is 196 Å². The lowest BCUT2D eigenvalue weighted by molar-refractivity contribution is 0.0341. The fourth-order valence-corrected chi connectivity index (χ4v) is 3.98. The number of guanidine groups is 1. The van der Waals surface area contributed by atoms with Gasteiger partial charge in [-0.1, -0.05) is 48.5 Å². The summed E-state index contributed by atoms with van der Waals surface area (Å²) in [6, 6.07) is 19.1. The van der Waals surface area contributed by atoms with Crippen LogP contribution in [-0.2, 0) is 30.9 Å². The van der Waals surface area contributed by atoms with Crippen LogP contribution in [0.3, 0.4) is 0 Å². The molecule has 7 heteroatoms. The maximum absolute atomic E-state index is 5.49. The number of benzene rings is 2. The molecule has 0 aliphatic carbocycles. The predicted molar refractivity (Wildman–Crippen MR) is 132 cm³/mol. The van der Waals surface area contributed by atoms with E-state index < -0.39 is 0 Å². The zero-order chi connectivity index (χ0) is 22.7. The van der Waals surface area contributed by atoms with Crippen LogP contribution in [0.25, 0.3) is 0 Å². The van der Waals surface area contributed by atoms with Crippen LogP contribution in [0.15, 0.2) is 72.0 Å². The molecule has 1 saturated heterocycles. The number of rotatable bonds is 9. The lowest BCUT2D eigenvalue weighted by atomic mass is 10.1. The van der Waals surface area contributed by atoms with Gasteiger partial charge in [-0.2, -0.15) is 5.10 Å². The molecule has 2 aromatic carbocycles. The van der Waals surface area contributed by atoms with Gasteiger partial charge in [-0.15, -0.1) is 0 Å². The highest BCUT2D eigenvalue weighted by Crippen LogP contribution is 2.13. The quantitative estimate of drug-likeness (QED) is 0.391. The van der Waals surface area contributed by atoms with Gasteiger partial charge >= 0.3 is 0 Å². The summed E-state index contributed by atoms with van der Waals surface area (Å²) >= 11 is 0. The summed E-state index contributed by atoms with van der Waals surface area (Å²) in [6.07, 6.45) is 3.79. The third-order valence-corrected chi connectivity index (χ3v) is 5.72. The zero-order valence-corrected chi connectivity index (χ0v) is 19.4. The average Bonchev–Trinajstić information content (AvgIpc) is 3.36. The average molecular weight is 447 g/mol. The van der Waals surface area contributed by atoms with Gasteiger partial charge in [0.25, 0.3) is 0 Å². The van der Waals surface area contributed by atoms with E-state index in [2.05, 4.69) is 76.1 Å². The lowest BCUT2D eigenvalue weighted by Crippen LogP contribution is -2.38. The molecule has 0 unspecified atom stereocenters. The van der Waals surface area contributed by atoms with Gasteiger partial charge in [-0.25, -0.2) is 4.99 Å². The van der Waals surface area contributed by atoms with E-state index in [1.54, 1.807) is 0 Å². The molecule has 3 aromatic rings. The minimum absolute atomic E-state index is 0.623. The molecule has 0 bridgehead atoms. The van der Waals surface area contributed by atoms with Gasteiger partial charge < -0.3 is 15.4 Å². The summed E-state index contributed by atoms with van der Waals surface area (Å²) in [6.45, 7) is 9.62. The van der Waals surface area contributed by atoms with Gasteiger partial charge in [0.1, 0.15) is 0 Å². The van der Waals surface area contributed by atoms with Crippen molar-refractivity contribution < 1.29 is 4.74 Å². The standard InChI is InChI=1S/C26H34N6O/c1-2-27-26(28-18-22-7-5-8-23(17-22)20-32-12-6-11-30-32)29-19-24-9-3-4-10-25(24)21-31-13-15-33-16-14-31/h3-12,17H,2,13-16,18-21H2,1H3,(H2,27,28,29). The number of morpholine rings is 1. The van der Waals surface area contributed by atoms with E-state index in [1.807, 2.05) is 23.1 Å². The van der Waals surface area contributed by atoms with Crippen LogP contribution in [0.5, 0.6) is 0 Å². The summed E-state index contributed by atoms with van der Waals surface area (Å²) in [7, 11) is 0. The van der Waals surface area contributed by atoms with E-state index in [1.165, 1.54) is 22.3 Å². The number of ether oxygens (including phenoxy) is 1. The minimum Gasteiger partial charge on any atom is -0.379 e. The first-order chi connectivity index (χ1) is 16.3. The number of nitrogens with one attached hydrogen (secondary N) is 2. The van der Waals surface area contributed by atoms with Crippen LogP contribution in [-0.4, -0.2) is 53.5 Å². The van der Waals surface area contributed by atoms with Crippen molar-refractivity contribution in [2.75, 3.05) is 32.8 Å². The van der Waals surface area contributed by atoms with Crippen molar-refractivity contribution >= 4 is 5.96 Å². The monoisotopic (exact) mass is 446 g/mol. The van der Waals surface area contributed by atoms with Gasteiger partial charge in [0.2, 0.25) is 0 Å². The Bertz CT molecular complexity index is 1010. The predicted octanol–water partition coefficient (Wildman–Crippen LogP) is 3.02. The number of hydrogen-bond donors (Lipinski definition) is 2. The van der Waals surface area contributed by atoms with E-state index in [4.69, 9.17) is 9.73 Å². The molecule has 7 nitrogen and oxygen atoms in total. The van der Waals surface area contributed by atoms with E-state index >= 15 is 0 Å². The van der Waals surface area contributed by atoms with Gasteiger partial charge in [-0.3, -0.25) is 9.58 Å². The van der Waals surface area contributed by atoms with Gasteiger partial charge in [0, 0.05) is 45.1 Å². The molecule has 0 atom stereocenters. The Morgan fingerprint density at radius 2 is 1.79 bits per heavy atom. The maximum Gasteiger partial charge on any atom is 0.191 e. The van der Waals surface area contributed by atoms with Crippen LogP contribution in [0.4, 0.5) is 0 Å². The molecule has 0 radical (unpaired) electrons. The molecule has 0 spiro atoms. The molecular weight excluding hydrogens is 412 g/mol. The molecule has 33 heavy (non-hydrogen) atoms. The second-order valence-electron chi connectivity index (χ2n) is 8.23. The molecule has 0 saturated carbocycles. The Morgan fingerprint density at radius 1 is 0.970 bits per heavy atom. The number of aromatic nitrogens is 2. The summed E-state index contributed by atoms with van der Waals surface area (Å²) < 4.78 is 7.42. The van der Waals surface area contributed by atoms with E-state index in [9.17, 15) is 0 Å². The minimum atomic E-state index is 0.623. The normalized spacial score (nSPS) is 14.9. The van der Waals surface area contributed by atoms with Crippen molar-refractivity contribution in [1.82, 2.24) is 25.3 Å². The first-order valence-electron chi connectivity index (χ1n) is 11.7. The lowest BCUT2D eigenvalue weighted by Gasteiger charge is -2.27. The van der Waals surface area contributed by atoms with Gasteiger partial charge in [0.15, 0.2) is 5.96 Å². The van der Waals surface area contributed by atoms with Crippen LogP contribution in [0.2, 0.25) is 0 Å². The Morgan fingerprint density at radius 3 is 2.58 bits per heavy atom.